The number of hydrogen-bond acceptors (Lipinski definition) is 3. The Morgan fingerprint density at radius 2 is 1.56 bits per heavy atom. The fourth-order valence-electron chi connectivity index (χ4n) is 2.78. The molecule has 4 rings (SSSR count). The highest BCUT2D eigenvalue weighted by Crippen LogP contribution is 2.32. The van der Waals surface area contributed by atoms with Crippen molar-refractivity contribution in [3.05, 3.63) is 83.9 Å². The van der Waals surface area contributed by atoms with E-state index in [2.05, 4.69) is 41.7 Å². The van der Waals surface area contributed by atoms with Crippen LogP contribution in [-0.4, -0.2) is 11.8 Å². The topological polar surface area (TPSA) is 30.5 Å². The standard InChI is InChI=1S/C21H17NO2S/c25-21(22-13-15-6-11-19-20(12-15)24-14-23-19)18-9-7-17(8-10-18)16-4-2-1-3-5-16/h1-12H,13-14H2,(H,22,25). The van der Waals surface area contributed by atoms with E-state index in [0.29, 0.717) is 13.3 Å². The molecule has 0 unspecified atom stereocenters. The molecule has 0 saturated heterocycles. The molecule has 3 nitrogen and oxygen atoms in total. The second-order valence-electron chi connectivity index (χ2n) is 5.81. The third-order valence-electron chi connectivity index (χ3n) is 4.14. The van der Waals surface area contributed by atoms with Crippen LogP contribution in [0.5, 0.6) is 11.5 Å². The zero-order valence-electron chi connectivity index (χ0n) is 13.6. The lowest BCUT2D eigenvalue weighted by atomic mass is 10.0. The Labute approximate surface area is 152 Å². The molecule has 25 heavy (non-hydrogen) atoms. The van der Waals surface area contributed by atoms with Crippen molar-refractivity contribution in [1.82, 2.24) is 5.32 Å². The summed E-state index contributed by atoms with van der Waals surface area (Å²) in [4.78, 5) is 0.734. The van der Waals surface area contributed by atoms with Gasteiger partial charge in [-0.05, 0) is 28.8 Å². The summed E-state index contributed by atoms with van der Waals surface area (Å²) in [6.45, 7) is 0.939. The maximum atomic E-state index is 5.51. The maximum Gasteiger partial charge on any atom is 0.231 e. The lowest BCUT2D eigenvalue weighted by molar-refractivity contribution is 0.174. The fourth-order valence-corrected chi connectivity index (χ4v) is 2.99. The first-order valence-electron chi connectivity index (χ1n) is 8.12. The molecule has 0 bridgehead atoms. The minimum absolute atomic E-state index is 0.290. The predicted octanol–water partition coefficient (Wildman–Crippen LogP) is 4.55. The van der Waals surface area contributed by atoms with Crippen molar-refractivity contribution < 1.29 is 9.47 Å². The molecule has 1 aliphatic heterocycles. The van der Waals surface area contributed by atoms with Gasteiger partial charge in [-0.25, -0.2) is 0 Å². The van der Waals surface area contributed by atoms with E-state index in [0.717, 1.165) is 27.6 Å². The molecule has 0 radical (unpaired) electrons. The van der Waals surface area contributed by atoms with Crippen molar-refractivity contribution in [2.24, 2.45) is 0 Å². The average Bonchev–Trinajstić information content (AvgIpc) is 3.15. The molecule has 0 atom stereocenters. The van der Waals surface area contributed by atoms with Crippen molar-refractivity contribution in [3.63, 3.8) is 0 Å². The second-order valence-corrected chi connectivity index (χ2v) is 6.22. The van der Waals surface area contributed by atoms with Crippen LogP contribution in [0.4, 0.5) is 0 Å². The molecule has 0 saturated carbocycles. The second kappa shape index (κ2) is 6.95. The molecule has 0 spiro atoms. The van der Waals surface area contributed by atoms with Gasteiger partial charge >= 0.3 is 0 Å². The molecule has 1 aliphatic rings. The van der Waals surface area contributed by atoms with Crippen LogP contribution in [0.2, 0.25) is 0 Å². The van der Waals surface area contributed by atoms with E-state index in [1.165, 1.54) is 11.1 Å². The van der Waals surface area contributed by atoms with Gasteiger partial charge in [-0.3, -0.25) is 0 Å². The third kappa shape index (κ3) is 3.49. The van der Waals surface area contributed by atoms with Gasteiger partial charge in [0.05, 0.1) is 0 Å². The van der Waals surface area contributed by atoms with Crippen LogP contribution in [0.1, 0.15) is 11.1 Å². The van der Waals surface area contributed by atoms with Gasteiger partial charge in [0.15, 0.2) is 11.5 Å². The van der Waals surface area contributed by atoms with Gasteiger partial charge in [-0.1, -0.05) is 72.9 Å². The van der Waals surface area contributed by atoms with Crippen molar-refractivity contribution >= 4 is 17.2 Å². The molecular weight excluding hydrogens is 330 g/mol. The van der Waals surface area contributed by atoms with Gasteiger partial charge in [-0.15, -0.1) is 0 Å². The van der Waals surface area contributed by atoms with Gasteiger partial charge < -0.3 is 14.8 Å². The zero-order chi connectivity index (χ0) is 17.1. The smallest absolute Gasteiger partial charge is 0.231 e. The van der Waals surface area contributed by atoms with E-state index >= 15 is 0 Å². The predicted molar refractivity (Wildman–Crippen MR) is 103 cm³/mol. The van der Waals surface area contributed by atoms with E-state index in [-0.39, 0.29) is 0 Å². The minimum Gasteiger partial charge on any atom is -0.454 e. The molecule has 3 aromatic carbocycles. The Morgan fingerprint density at radius 3 is 2.36 bits per heavy atom. The Hall–Kier alpha value is -2.85. The quantitative estimate of drug-likeness (QED) is 0.702. The summed E-state index contributed by atoms with van der Waals surface area (Å²) in [7, 11) is 0. The average molecular weight is 347 g/mol. The molecule has 4 heteroatoms. The molecular formula is C21H17NO2S. The number of fused-ring (bicyclic) bond motifs is 1. The molecule has 0 aromatic heterocycles. The number of hydrogen-bond donors (Lipinski definition) is 1. The van der Waals surface area contributed by atoms with Gasteiger partial charge in [0, 0.05) is 12.1 Å². The highest BCUT2D eigenvalue weighted by atomic mass is 32.1. The van der Waals surface area contributed by atoms with Crippen LogP contribution >= 0.6 is 12.2 Å². The summed E-state index contributed by atoms with van der Waals surface area (Å²) in [6.07, 6.45) is 0. The molecule has 3 aromatic rings. The maximum absolute atomic E-state index is 5.51. The van der Waals surface area contributed by atoms with Crippen molar-refractivity contribution in [2.45, 2.75) is 6.54 Å². The van der Waals surface area contributed by atoms with E-state index in [1.807, 2.05) is 36.4 Å². The molecule has 0 aliphatic carbocycles. The Kier molecular flexibility index (Phi) is 4.36. The lowest BCUT2D eigenvalue weighted by Crippen LogP contribution is -2.21. The summed E-state index contributed by atoms with van der Waals surface area (Å²) in [5.41, 5.74) is 4.50. The zero-order valence-corrected chi connectivity index (χ0v) is 14.4. The van der Waals surface area contributed by atoms with Crippen molar-refractivity contribution in [3.8, 4) is 22.6 Å². The number of thiocarbonyl (C=S) groups is 1. The Balaban J connectivity index is 1.41. The van der Waals surface area contributed by atoms with Gasteiger partial charge in [0.2, 0.25) is 6.79 Å². The van der Waals surface area contributed by atoms with Crippen LogP contribution in [0.3, 0.4) is 0 Å². The fraction of sp³-hybridized carbons (Fsp3) is 0.0952. The Bertz CT molecular complexity index is 892. The SMILES string of the molecule is S=C(NCc1ccc2c(c1)OCO2)c1ccc(-c2ccccc2)cc1. The largest absolute Gasteiger partial charge is 0.454 e. The van der Waals surface area contributed by atoms with E-state index in [4.69, 9.17) is 21.7 Å². The van der Waals surface area contributed by atoms with Crippen molar-refractivity contribution in [1.29, 1.82) is 0 Å². The van der Waals surface area contributed by atoms with Gasteiger partial charge in [0.1, 0.15) is 4.99 Å². The third-order valence-corrected chi connectivity index (χ3v) is 4.52. The normalized spacial score (nSPS) is 12.0. The van der Waals surface area contributed by atoms with Crippen LogP contribution in [0, 0.1) is 0 Å². The highest BCUT2D eigenvalue weighted by molar-refractivity contribution is 7.80. The molecule has 0 fully saturated rings. The number of ether oxygens (including phenoxy) is 2. The molecule has 124 valence electrons. The first-order valence-corrected chi connectivity index (χ1v) is 8.53. The number of nitrogens with one attached hydrogen (secondary N) is 1. The summed E-state index contributed by atoms with van der Waals surface area (Å²) in [5.74, 6) is 1.58. The van der Waals surface area contributed by atoms with E-state index in [1.54, 1.807) is 0 Å². The first kappa shape index (κ1) is 15.7. The number of rotatable bonds is 4. The van der Waals surface area contributed by atoms with Gasteiger partial charge in [0.25, 0.3) is 0 Å². The first-order chi connectivity index (χ1) is 12.3. The minimum atomic E-state index is 0.290. The summed E-state index contributed by atoms with van der Waals surface area (Å²) in [5, 5.41) is 3.30. The lowest BCUT2D eigenvalue weighted by Gasteiger charge is -2.10. The summed E-state index contributed by atoms with van der Waals surface area (Å²) < 4.78 is 10.7. The molecule has 1 heterocycles. The summed E-state index contributed by atoms with van der Waals surface area (Å²) in [6, 6.07) is 24.5. The van der Waals surface area contributed by atoms with Crippen LogP contribution in [-0.2, 0) is 6.54 Å². The monoisotopic (exact) mass is 347 g/mol. The van der Waals surface area contributed by atoms with E-state index in [9.17, 15) is 0 Å². The van der Waals surface area contributed by atoms with Crippen molar-refractivity contribution in [2.75, 3.05) is 6.79 Å². The van der Waals surface area contributed by atoms with Crippen LogP contribution in [0.25, 0.3) is 11.1 Å². The van der Waals surface area contributed by atoms with Crippen LogP contribution in [0.15, 0.2) is 72.8 Å². The Morgan fingerprint density at radius 1 is 0.840 bits per heavy atom. The van der Waals surface area contributed by atoms with E-state index < -0.39 is 0 Å². The summed E-state index contributed by atoms with van der Waals surface area (Å²) >= 11 is 5.51. The van der Waals surface area contributed by atoms with Crippen LogP contribution < -0.4 is 14.8 Å². The molecule has 0 amide bonds. The molecule has 1 N–H and O–H groups in total. The number of benzene rings is 3. The highest BCUT2D eigenvalue weighted by Gasteiger charge is 2.13. The van der Waals surface area contributed by atoms with Gasteiger partial charge in [-0.2, -0.15) is 0 Å².